The first-order valence-corrected chi connectivity index (χ1v) is 12.3. The van der Waals surface area contributed by atoms with E-state index in [1.54, 1.807) is 4.90 Å². The van der Waals surface area contributed by atoms with E-state index in [0.29, 0.717) is 24.4 Å². The van der Waals surface area contributed by atoms with Crippen molar-refractivity contribution < 1.29 is 14.4 Å². The molecule has 2 fully saturated rings. The molecular formula is C27H32N4O3. The fraction of sp³-hybridized carbons (Fsp3) is 0.444. The molecule has 2 aromatic rings. The maximum atomic E-state index is 13.0. The van der Waals surface area contributed by atoms with E-state index in [0.717, 1.165) is 43.9 Å². The summed E-state index contributed by atoms with van der Waals surface area (Å²) in [4.78, 5) is 40.9. The molecule has 1 unspecified atom stereocenters. The van der Waals surface area contributed by atoms with Crippen molar-refractivity contribution in [2.45, 2.75) is 51.2 Å². The molecule has 7 nitrogen and oxygen atoms in total. The summed E-state index contributed by atoms with van der Waals surface area (Å²) in [5, 5.41) is 5.92. The molecule has 34 heavy (non-hydrogen) atoms. The number of anilines is 1. The highest BCUT2D eigenvalue weighted by molar-refractivity contribution is 6.06. The van der Waals surface area contributed by atoms with E-state index >= 15 is 0 Å². The highest BCUT2D eigenvalue weighted by atomic mass is 16.2. The molecule has 3 amide bonds. The molecule has 0 spiro atoms. The lowest BCUT2D eigenvalue weighted by atomic mass is 9.93. The number of benzene rings is 2. The van der Waals surface area contributed by atoms with Crippen LogP contribution in [0.25, 0.3) is 0 Å². The molecule has 3 heterocycles. The fourth-order valence-corrected chi connectivity index (χ4v) is 5.44. The molecule has 0 aromatic heterocycles. The van der Waals surface area contributed by atoms with Crippen molar-refractivity contribution in [3.8, 4) is 0 Å². The van der Waals surface area contributed by atoms with Crippen molar-refractivity contribution in [1.82, 2.24) is 15.1 Å². The van der Waals surface area contributed by atoms with E-state index in [2.05, 4.69) is 45.9 Å². The summed E-state index contributed by atoms with van der Waals surface area (Å²) >= 11 is 0. The van der Waals surface area contributed by atoms with Crippen LogP contribution in [0.5, 0.6) is 0 Å². The third-order valence-corrected chi connectivity index (χ3v) is 7.41. The number of nitrogens with zero attached hydrogens (tertiary/aromatic N) is 2. The number of carbonyl (C=O) groups excluding carboxylic acids is 3. The van der Waals surface area contributed by atoms with Crippen molar-refractivity contribution in [3.05, 3.63) is 65.2 Å². The predicted octanol–water partition coefficient (Wildman–Crippen LogP) is 3.16. The molecule has 1 atom stereocenters. The van der Waals surface area contributed by atoms with Crippen LogP contribution in [0.2, 0.25) is 0 Å². The number of rotatable bonds is 7. The predicted molar refractivity (Wildman–Crippen MR) is 130 cm³/mol. The van der Waals surface area contributed by atoms with Crippen LogP contribution in [0.4, 0.5) is 5.69 Å². The van der Waals surface area contributed by atoms with Crippen LogP contribution in [-0.4, -0.2) is 53.2 Å². The van der Waals surface area contributed by atoms with E-state index in [-0.39, 0.29) is 24.1 Å². The number of piperidine rings is 2. The van der Waals surface area contributed by atoms with Crippen LogP contribution in [0, 0.1) is 5.92 Å². The largest absolute Gasteiger partial charge is 0.385 e. The lowest BCUT2D eigenvalue weighted by molar-refractivity contribution is -0.136. The Hall–Kier alpha value is -3.19. The van der Waals surface area contributed by atoms with Gasteiger partial charge in [0.2, 0.25) is 11.8 Å². The first-order chi connectivity index (χ1) is 16.6. The van der Waals surface area contributed by atoms with E-state index in [9.17, 15) is 14.4 Å². The van der Waals surface area contributed by atoms with Crippen LogP contribution < -0.4 is 10.6 Å². The van der Waals surface area contributed by atoms with Crippen molar-refractivity contribution >= 4 is 23.4 Å². The molecule has 5 rings (SSSR count). The topological polar surface area (TPSA) is 81.8 Å². The molecule has 0 radical (unpaired) electrons. The number of fused-ring (bicyclic) bond motifs is 1. The van der Waals surface area contributed by atoms with Crippen LogP contribution in [0.1, 0.15) is 53.6 Å². The smallest absolute Gasteiger partial charge is 0.255 e. The number of imide groups is 1. The van der Waals surface area contributed by atoms with Gasteiger partial charge < -0.3 is 10.2 Å². The summed E-state index contributed by atoms with van der Waals surface area (Å²) in [6.45, 7) is 4.57. The molecule has 0 bridgehead atoms. The lowest BCUT2D eigenvalue weighted by Gasteiger charge is -2.32. The van der Waals surface area contributed by atoms with Crippen LogP contribution in [0.15, 0.2) is 48.5 Å². The Kier molecular flexibility index (Phi) is 6.63. The summed E-state index contributed by atoms with van der Waals surface area (Å²) in [5.74, 6) is -0.0546. The van der Waals surface area contributed by atoms with Gasteiger partial charge in [0.1, 0.15) is 6.04 Å². The lowest BCUT2D eigenvalue weighted by Crippen LogP contribution is -2.52. The Balaban J connectivity index is 1.12. The molecule has 0 aliphatic carbocycles. The number of amides is 3. The number of nitrogens with one attached hydrogen (secondary N) is 2. The summed E-state index contributed by atoms with van der Waals surface area (Å²) < 4.78 is 0. The monoisotopic (exact) mass is 460 g/mol. The molecule has 178 valence electrons. The Bertz CT molecular complexity index is 1060. The zero-order chi connectivity index (χ0) is 23.5. The minimum atomic E-state index is -0.577. The van der Waals surface area contributed by atoms with E-state index < -0.39 is 6.04 Å². The maximum absolute atomic E-state index is 13.0. The van der Waals surface area contributed by atoms with Crippen LogP contribution in [0.3, 0.4) is 0 Å². The van der Waals surface area contributed by atoms with E-state index in [1.807, 2.05) is 18.2 Å². The fourth-order valence-electron chi connectivity index (χ4n) is 5.44. The Morgan fingerprint density at radius 2 is 1.74 bits per heavy atom. The molecule has 2 saturated heterocycles. The van der Waals surface area contributed by atoms with Gasteiger partial charge in [-0.15, -0.1) is 0 Å². The number of likely N-dealkylation sites (tertiary alicyclic amines) is 1. The molecular weight excluding hydrogens is 428 g/mol. The van der Waals surface area contributed by atoms with E-state index in [1.165, 1.54) is 18.4 Å². The van der Waals surface area contributed by atoms with Crippen molar-refractivity contribution in [1.29, 1.82) is 0 Å². The Morgan fingerprint density at radius 3 is 2.50 bits per heavy atom. The standard InChI is InChI=1S/C27H32N4O3/c32-25-10-9-24(26(33)29-25)31-18-22-21(27(31)34)7-4-8-23(22)28-14-11-19-12-15-30(16-13-19)17-20-5-2-1-3-6-20/h1-8,19,24,28H,9-18H2,(H,29,32,33). The van der Waals surface area contributed by atoms with Gasteiger partial charge in [0.25, 0.3) is 5.91 Å². The second-order valence-electron chi connectivity index (χ2n) is 9.65. The first kappa shape index (κ1) is 22.6. The van der Waals surface area contributed by atoms with Gasteiger partial charge in [-0.25, -0.2) is 0 Å². The number of hydrogen-bond donors (Lipinski definition) is 2. The first-order valence-electron chi connectivity index (χ1n) is 12.3. The van der Waals surface area contributed by atoms with Crippen molar-refractivity contribution in [2.75, 3.05) is 25.0 Å². The van der Waals surface area contributed by atoms with Gasteiger partial charge in [0, 0.05) is 42.9 Å². The summed E-state index contributed by atoms with van der Waals surface area (Å²) in [5.41, 5.74) is 3.96. The SMILES string of the molecule is O=C1CCC(N2Cc3c(NCCC4CCN(Cc5ccccc5)CC4)cccc3C2=O)C(=O)N1. The average molecular weight is 461 g/mol. The number of carbonyl (C=O) groups is 3. The molecule has 3 aliphatic rings. The molecule has 0 saturated carbocycles. The molecule has 3 aliphatic heterocycles. The highest BCUT2D eigenvalue weighted by Gasteiger charge is 2.39. The van der Waals surface area contributed by atoms with Gasteiger partial charge in [0.15, 0.2) is 0 Å². The maximum Gasteiger partial charge on any atom is 0.255 e. The van der Waals surface area contributed by atoms with Crippen molar-refractivity contribution in [3.63, 3.8) is 0 Å². The minimum Gasteiger partial charge on any atom is -0.385 e. The van der Waals surface area contributed by atoms with Crippen molar-refractivity contribution in [2.24, 2.45) is 5.92 Å². The third kappa shape index (κ3) is 4.85. The number of hydrogen-bond acceptors (Lipinski definition) is 5. The van der Waals surface area contributed by atoms with E-state index in [4.69, 9.17) is 0 Å². The Morgan fingerprint density at radius 1 is 0.941 bits per heavy atom. The summed E-state index contributed by atoms with van der Waals surface area (Å²) in [6.07, 6.45) is 4.18. The molecule has 2 aromatic carbocycles. The summed E-state index contributed by atoms with van der Waals surface area (Å²) in [6, 6.07) is 15.8. The van der Waals surface area contributed by atoms with Crippen LogP contribution >= 0.6 is 0 Å². The average Bonchev–Trinajstić information content (AvgIpc) is 3.18. The quantitative estimate of drug-likeness (QED) is 0.621. The second kappa shape index (κ2) is 9.97. The zero-order valence-corrected chi connectivity index (χ0v) is 19.5. The Labute approximate surface area is 200 Å². The van der Waals surface area contributed by atoms with Gasteiger partial charge in [-0.2, -0.15) is 0 Å². The minimum absolute atomic E-state index is 0.126. The second-order valence-corrected chi connectivity index (χ2v) is 9.65. The highest BCUT2D eigenvalue weighted by Crippen LogP contribution is 2.32. The van der Waals surface area contributed by atoms with Gasteiger partial charge >= 0.3 is 0 Å². The molecule has 7 heteroatoms. The summed E-state index contributed by atoms with van der Waals surface area (Å²) in [7, 11) is 0. The van der Waals surface area contributed by atoms with Gasteiger partial charge in [0.05, 0.1) is 0 Å². The van der Waals surface area contributed by atoms with Gasteiger partial charge in [-0.05, 0) is 62.4 Å². The third-order valence-electron chi connectivity index (χ3n) is 7.41. The van der Waals surface area contributed by atoms with Gasteiger partial charge in [-0.1, -0.05) is 36.4 Å². The normalized spacial score (nSPS) is 21.5. The van der Waals surface area contributed by atoms with Gasteiger partial charge in [-0.3, -0.25) is 24.6 Å². The van der Waals surface area contributed by atoms with Crippen LogP contribution in [-0.2, 0) is 22.7 Å². The molecule has 2 N–H and O–H groups in total. The zero-order valence-electron chi connectivity index (χ0n) is 19.5.